The molecule has 0 aliphatic rings. The molecule has 19 aromatic rings. The fourth-order valence-corrected chi connectivity index (χ4v) is 14.6. The molecule has 7 heteroatoms. The van der Waals surface area contributed by atoms with E-state index in [1.165, 1.54) is 76.2 Å². The van der Waals surface area contributed by atoms with Crippen LogP contribution < -0.4 is 0 Å². The topological polar surface area (TPSA) is 50.4 Å². The quantitative estimate of drug-likeness (QED) is 0.152. The van der Waals surface area contributed by atoms with Gasteiger partial charge in [0.15, 0.2) is 0 Å². The molecule has 7 nitrogen and oxygen atoms in total. The molecule has 0 saturated heterocycles. The Bertz CT molecular complexity index is 5820. The zero-order valence-corrected chi connectivity index (χ0v) is 48.1. The van der Waals surface area contributed by atoms with E-state index in [2.05, 4.69) is 332 Å². The van der Waals surface area contributed by atoms with Crippen molar-refractivity contribution in [3.8, 4) is 62.3 Å². The predicted molar refractivity (Wildman–Crippen MR) is 370 cm³/mol. The van der Waals surface area contributed by atoms with E-state index >= 15 is 0 Å². The number of aromatic nitrogens is 7. The Kier molecular flexibility index (Phi) is 10.6. The molecule has 0 atom stereocenters. The van der Waals surface area contributed by atoms with E-state index in [1.807, 2.05) is 0 Å². The van der Waals surface area contributed by atoms with Gasteiger partial charge in [0.25, 0.3) is 0 Å². The van der Waals surface area contributed by atoms with Crippen LogP contribution in [-0.2, 0) is 0 Å². The van der Waals surface area contributed by atoms with Gasteiger partial charge in [0, 0.05) is 87.7 Å². The lowest BCUT2D eigenvalue weighted by atomic mass is 10.0. The van der Waals surface area contributed by atoms with E-state index in [0.29, 0.717) is 5.95 Å². The van der Waals surface area contributed by atoms with Gasteiger partial charge in [0.1, 0.15) is 0 Å². The first-order chi connectivity index (χ1) is 44.1. The lowest BCUT2D eigenvalue weighted by Crippen LogP contribution is -2.04. The van der Waals surface area contributed by atoms with Gasteiger partial charge in [0.2, 0.25) is 5.95 Å². The third-order valence-corrected chi connectivity index (χ3v) is 18.5. The van der Waals surface area contributed by atoms with Gasteiger partial charge in [-0.1, -0.05) is 182 Å². The Balaban J connectivity index is 0.758. The van der Waals surface area contributed by atoms with Crippen LogP contribution in [0.2, 0.25) is 0 Å². The Labute approximate surface area is 510 Å². The van der Waals surface area contributed by atoms with Crippen molar-refractivity contribution in [2.24, 2.45) is 0 Å². The summed E-state index contributed by atoms with van der Waals surface area (Å²) >= 11 is 0. The molecule has 0 aliphatic carbocycles. The maximum absolute atomic E-state index is 5.53. The van der Waals surface area contributed by atoms with Crippen LogP contribution in [-0.4, -0.2) is 32.8 Å². The highest BCUT2D eigenvalue weighted by atomic mass is 15.2. The highest BCUT2D eigenvalue weighted by Crippen LogP contribution is 2.42. The highest BCUT2D eigenvalue weighted by Gasteiger charge is 2.22. The highest BCUT2D eigenvalue weighted by molar-refractivity contribution is 6.16. The number of hydrogen-bond donors (Lipinski definition) is 0. The molecule has 6 heterocycles. The van der Waals surface area contributed by atoms with Crippen LogP contribution in [0.25, 0.3) is 171 Å². The third-order valence-electron chi connectivity index (χ3n) is 18.5. The van der Waals surface area contributed by atoms with Gasteiger partial charge in [-0.2, -0.15) is 0 Å². The van der Waals surface area contributed by atoms with Crippen LogP contribution >= 0.6 is 0 Å². The van der Waals surface area contributed by atoms with Crippen LogP contribution in [0.4, 0.5) is 0 Å². The molecule has 0 amide bonds. The molecular formula is C82H51N7. The fraction of sp³-hybridized carbons (Fsp3) is 0. The summed E-state index contributed by atoms with van der Waals surface area (Å²) in [6, 6.07) is 112. The summed E-state index contributed by atoms with van der Waals surface area (Å²) in [6.45, 7) is 0. The van der Waals surface area contributed by atoms with Crippen LogP contribution in [0.15, 0.2) is 309 Å². The van der Waals surface area contributed by atoms with Crippen molar-refractivity contribution in [2.45, 2.75) is 0 Å². The van der Waals surface area contributed by atoms with E-state index in [0.717, 1.165) is 89.2 Å². The summed E-state index contributed by atoms with van der Waals surface area (Å²) in [7, 11) is 0. The van der Waals surface area contributed by atoms with E-state index in [-0.39, 0.29) is 0 Å². The van der Waals surface area contributed by atoms with Gasteiger partial charge in [-0.05, 0) is 139 Å². The molecule has 0 fully saturated rings. The molecule has 414 valence electrons. The molecule has 0 bridgehead atoms. The summed E-state index contributed by atoms with van der Waals surface area (Å²) in [5.74, 6) is 0.611. The van der Waals surface area contributed by atoms with Crippen molar-refractivity contribution in [3.63, 3.8) is 0 Å². The zero-order valence-electron chi connectivity index (χ0n) is 48.1. The molecule has 0 unspecified atom stereocenters. The summed E-state index contributed by atoms with van der Waals surface area (Å²) in [5, 5.41) is 12.0. The van der Waals surface area contributed by atoms with Crippen molar-refractivity contribution in [3.05, 3.63) is 309 Å². The van der Waals surface area contributed by atoms with Gasteiger partial charge >= 0.3 is 0 Å². The van der Waals surface area contributed by atoms with Crippen molar-refractivity contribution < 1.29 is 0 Å². The SMILES string of the molecule is c1ccc(-c2cc(-c3ccc(-n4c5ccc(-n6c7ccccc7c7ccccc76)cc5c5cc(-n6c7ccccc7c7ccccc76)ccc54)cc3)nc(-n3c4ccccc4c4cc(-c5ccc6c(c5)c5ccccc5n6-c5ccccc5)ccc43)n2)cc1. The number of fused-ring (bicyclic) bond motifs is 15. The van der Waals surface area contributed by atoms with Crippen molar-refractivity contribution in [2.75, 3.05) is 0 Å². The van der Waals surface area contributed by atoms with Gasteiger partial charge in [-0.15, -0.1) is 0 Å². The molecule has 0 radical (unpaired) electrons. The molecule has 6 aromatic heterocycles. The minimum atomic E-state index is 0.611. The molecule has 0 spiro atoms. The van der Waals surface area contributed by atoms with E-state index < -0.39 is 0 Å². The Morgan fingerprint density at radius 1 is 0.169 bits per heavy atom. The molecule has 89 heavy (non-hydrogen) atoms. The summed E-state index contributed by atoms with van der Waals surface area (Å²) in [6.07, 6.45) is 0. The van der Waals surface area contributed by atoms with Crippen LogP contribution in [0.3, 0.4) is 0 Å². The molecule has 13 aromatic carbocycles. The second-order valence-corrected chi connectivity index (χ2v) is 23.3. The number of hydrogen-bond acceptors (Lipinski definition) is 2. The Hall–Kier alpha value is -12.1. The minimum absolute atomic E-state index is 0.611. The van der Waals surface area contributed by atoms with Crippen molar-refractivity contribution in [1.29, 1.82) is 0 Å². The lowest BCUT2D eigenvalue weighted by Gasteiger charge is -2.13. The fourth-order valence-electron chi connectivity index (χ4n) is 14.6. The zero-order chi connectivity index (χ0) is 58.3. The van der Waals surface area contributed by atoms with Gasteiger partial charge in [0.05, 0.1) is 66.6 Å². The smallest absolute Gasteiger partial charge is 0.235 e. The largest absolute Gasteiger partial charge is 0.309 e. The second-order valence-electron chi connectivity index (χ2n) is 23.3. The average Bonchev–Trinajstić information content (AvgIpc) is 1.83. The maximum atomic E-state index is 5.53. The molecule has 19 rings (SSSR count). The molecule has 0 saturated carbocycles. The van der Waals surface area contributed by atoms with Crippen LogP contribution in [0, 0.1) is 0 Å². The van der Waals surface area contributed by atoms with Crippen molar-refractivity contribution in [1.82, 2.24) is 32.8 Å². The third kappa shape index (κ3) is 7.46. The van der Waals surface area contributed by atoms with E-state index in [1.54, 1.807) is 0 Å². The molecule has 0 N–H and O–H groups in total. The predicted octanol–water partition coefficient (Wildman–Crippen LogP) is 21.0. The molecule has 0 aliphatic heterocycles. The van der Waals surface area contributed by atoms with Gasteiger partial charge < -0.3 is 18.3 Å². The summed E-state index contributed by atoms with van der Waals surface area (Å²) in [5.41, 5.74) is 21.9. The first kappa shape index (κ1) is 49.2. The number of para-hydroxylation sites is 7. The van der Waals surface area contributed by atoms with Crippen LogP contribution in [0.1, 0.15) is 0 Å². The molecular weight excluding hydrogens is 1080 g/mol. The summed E-state index contributed by atoms with van der Waals surface area (Å²) < 4.78 is 11.9. The van der Waals surface area contributed by atoms with Gasteiger partial charge in [-0.3, -0.25) is 4.57 Å². The average molecular weight is 1130 g/mol. The van der Waals surface area contributed by atoms with E-state index in [4.69, 9.17) is 9.97 Å². The first-order valence-electron chi connectivity index (χ1n) is 30.4. The lowest BCUT2D eigenvalue weighted by molar-refractivity contribution is 0.995. The minimum Gasteiger partial charge on any atom is -0.309 e. The maximum Gasteiger partial charge on any atom is 0.235 e. The number of rotatable bonds is 8. The van der Waals surface area contributed by atoms with Gasteiger partial charge in [-0.25, -0.2) is 9.97 Å². The Morgan fingerprint density at radius 2 is 0.438 bits per heavy atom. The van der Waals surface area contributed by atoms with Crippen LogP contribution in [0.5, 0.6) is 0 Å². The first-order valence-corrected chi connectivity index (χ1v) is 30.4. The monoisotopic (exact) mass is 1130 g/mol. The standard InChI is InChI=1S/C82H51N7/c1-3-19-52(20-4-1)70-51-71(84-82(83-70)89-77-34-18-12-28-65(77)67-48-55(38-44-81(67)89)54-37-43-78-66(47-54)64-27-11-17-33-76(64)85(78)56-21-5-2-6-22-56)53-35-39-57(40-36-53)86-79-45-41-58(87-72-29-13-7-23-60(72)61-24-8-14-30-73(61)87)49-68(79)69-50-59(42-46-80(69)86)88-74-31-15-9-25-62(74)63-26-10-16-32-75(63)88/h1-51H. The van der Waals surface area contributed by atoms with Crippen molar-refractivity contribution >= 4 is 109 Å². The normalized spacial score (nSPS) is 12.0. The Morgan fingerprint density at radius 3 is 0.865 bits per heavy atom. The second kappa shape index (κ2) is 19.2. The summed E-state index contributed by atoms with van der Waals surface area (Å²) in [4.78, 5) is 11.0. The number of nitrogens with zero attached hydrogens (tertiary/aromatic N) is 7. The van der Waals surface area contributed by atoms with E-state index in [9.17, 15) is 0 Å². The number of benzene rings is 13.